The van der Waals surface area contributed by atoms with Crippen LogP contribution in [-0.4, -0.2) is 29.6 Å². The summed E-state index contributed by atoms with van der Waals surface area (Å²) in [5.41, 5.74) is 1.63. The Balaban J connectivity index is 2.23. The van der Waals surface area contributed by atoms with E-state index in [9.17, 15) is 0 Å². The maximum atomic E-state index is 4.57. The first kappa shape index (κ1) is 15.1. The fourth-order valence-electron chi connectivity index (χ4n) is 2.98. The van der Waals surface area contributed by atoms with E-state index in [2.05, 4.69) is 54.8 Å². The van der Waals surface area contributed by atoms with Gasteiger partial charge >= 0.3 is 0 Å². The molecule has 1 aromatic rings. The molecule has 0 aliphatic carbocycles. The lowest BCUT2D eigenvalue weighted by atomic mass is 9.80. The van der Waals surface area contributed by atoms with Crippen LogP contribution in [-0.2, 0) is 6.42 Å². The van der Waals surface area contributed by atoms with E-state index in [1.54, 1.807) is 6.33 Å². The molecule has 2 rings (SSSR count). The van der Waals surface area contributed by atoms with Crippen LogP contribution in [0.4, 0.5) is 11.6 Å². The predicted molar refractivity (Wildman–Crippen MR) is 85.3 cm³/mol. The minimum Gasteiger partial charge on any atom is -0.370 e. The maximum Gasteiger partial charge on any atom is 0.137 e. The van der Waals surface area contributed by atoms with Crippen LogP contribution in [0.5, 0.6) is 0 Å². The van der Waals surface area contributed by atoms with E-state index in [1.807, 2.05) is 0 Å². The van der Waals surface area contributed by atoms with Gasteiger partial charge in [-0.05, 0) is 31.1 Å². The van der Waals surface area contributed by atoms with Gasteiger partial charge in [0, 0.05) is 25.2 Å². The highest BCUT2D eigenvalue weighted by Gasteiger charge is 2.33. The Kier molecular flexibility index (Phi) is 4.51. The van der Waals surface area contributed by atoms with Crippen molar-refractivity contribution in [2.75, 3.05) is 29.9 Å². The van der Waals surface area contributed by atoms with Gasteiger partial charge in [0.15, 0.2) is 0 Å². The minimum absolute atomic E-state index is 0.374. The van der Waals surface area contributed by atoms with Crippen LogP contribution in [0.2, 0.25) is 0 Å². The summed E-state index contributed by atoms with van der Waals surface area (Å²) >= 11 is 0. The van der Waals surface area contributed by atoms with Gasteiger partial charge in [-0.15, -0.1) is 0 Å². The molecule has 1 atom stereocenters. The van der Waals surface area contributed by atoms with Crippen molar-refractivity contribution in [1.82, 2.24) is 9.97 Å². The fourth-order valence-corrected chi connectivity index (χ4v) is 2.98. The third kappa shape index (κ3) is 3.05. The molecule has 1 aliphatic heterocycles. The van der Waals surface area contributed by atoms with E-state index in [-0.39, 0.29) is 0 Å². The van der Waals surface area contributed by atoms with Crippen LogP contribution < -0.4 is 10.2 Å². The Morgan fingerprint density at radius 1 is 1.30 bits per heavy atom. The number of hydrogen-bond donors (Lipinski definition) is 1. The molecule has 4 heteroatoms. The third-order valence-electron chi connectivity index (χ3n) is 4.33. The van der Waals surface area contributed by atoms with Crippen LogP contribution in [0.3, 0.4) is 0 Å². The number of nitrogens with zero attached hydrogens (tertiary/aromatic N) is 3. The second-order valence-electron chi connectivity index (χ2n) is 6.71. The van der Waals surface area contributed by atoms with E-state index in [0.29, 0.717) is 5.41 Å². The highest BCUT2D eigenvalue weighted by Crippen LogP contribution is 2.36. The molecule has 0 radical (unpaired) electrons. The first-order chi connectivity index (χ1) is 9.47. The molecule has 1 aromatic heterocycles. The number of nitrogens with one attached hydrogen (secondary N) is 1. The molecular formula is C16H28N4. The quantitative estimate of drug-likeness (QED) is 0.915. The molecule has 0 spiro atoms. The van der Waals surface area contributed by atoms with Crippen LogP contribution >= 0.6 is 0 Å². The lowest BCUT2D eigenvalue weighted by Gasteiger charge is -2.28. The van der Waals surface area contributed by atoms with Crippen molar-refractivity contribution < 1.29 is 0 Å². The van der Waals surface area contributed by atoms with Gasteiger partial charge in [-0.2, -0.15) is 0 Å². The largest absolute Gasteiger partial charge is 0.370 e. The molecule has 1 saturated heterocycles. The molecule has 1 fully saturated rings. The SMILES string of the molecule is CCNc1ncnc(N2CCC(C(C)(C)C)C2)c1CC. The monoisotopic (exact) mass is 276 g/mol. The van der Waals surface area contributed by atoms with Gasteiger partial charge in [0.05, 0.1) is 0 Å². The summed E-state index contributed by atoms with van der Waals surface area (Å²) in [5.74, 6) is 2.87. The average molecular weight is 276 g/mol. The molecule has 0 bridgehead atoms. The van der Waals surface area contributed by atoms with Gasteiger partial charge in [0.1, 0.15) is 18.0 Å². The molecular weight excluding hydrogens is 248 g/mol. The number of aromatic nitrogens is 2. The molecule has 4 nitrogen and oxygen atoms in total. The topological polar surface area (TPSA) is 41.1 Å². The molecule has 1 unspecified atom stereocenters. The standard InChI is InChI=1S/C16H28N4/c1-6-13-14(17-7-2)18-11-19-15(13)20-9-8-12(10-20)16(3,4)5/h11-12H,6-10H2,1-5H3,(H,17,18,19). The van der Waals surface area contributed by atoms with Crippen molar-refractivity contribution in [1.29, 1.82) is 0 Å². The summed E-state index contributed by atoms with van der Waals surface area (Å²) in [6.45, 7) is 14.4. The van der Waals surface area contributed by atoms with Gasteiger partial charge in [-0.25, -0.2) is 9.97 Å². The van der Waals surface area contributed by atoms with Crippen LogP contribution in [0.15, 0.2) is 6.33 Å². The smallest absolute Gasteiger partial charge is 0.137 e. The first-order valence-electron chi connectivity index (χ1n) is 7.80. The third-order valence-corrected chi connectivity index (χ3v) is 4.33. The van der Waals surface area contributed by atoms with Crippen LogP contribution in [0.25, 0.3) is 0 Å². The highest BCUT2D eigenvalue weighted by molar-refractivity contribution is 5.59. The lowest BCUT2D eigenvalue weighted by Crippen LogP contribution is -2.27. The molecule has 112 valence electrons. The van der Waals surface area contributed by atoms with Crippen molar-refractivity contribution in [2.45, 2.75) is 47.5 Å². The van der Waals surface area contributed by atoms with E-state index in [0.717, 1.165) is 43.6 Å². The molecule has 0 amide bonds. The first-order valence-corrected chi connectivity index (χ1v) is 7.80. The van der Waals surface area contributed by atoms with Gasteiger partial charge in [0.25, 0.3) is 0 Å². The average Bonchev–Trinajstić information content (AvgIpc) is 2.88. The van der Waals surface area contributed by atoms with Crippen molar-refractivity contribution in [3.05, 3.63) is 11.9 Å². The highest BCUT2D eigenvalue weighted by atomic mass is 15.2. The summed E-state index contributed by atoms with van der Waals surface area (Å²) in [5, 5.41) is 3.35. The maximum absolute atomic E-state index is 4.57. The zero-order valence-electron chi connectivity index (χ0n) is 13.5. The van der Waals surface area contributed by atoms with Gasteiger partial charge in [-0.1, -0.05) is 27.7 Å². The van der Waals surface area contributed by atoms with Crippen molar-refractivity contribution in [3.8, 4) is 0 Å². The van der Waals surface area contributed by atoms with E-state index in [4.69, 9.17) is 0 Å². The van der Waals surface area contributed by atoms with Gasteiger partial charge in [-0.3, -0.25) is 0 Å². The van der Waals surface area contributed by atoms with Crippen LogP contribution in [0.1, 0.15) is 46.6 Å². The van der Waals surface area contributed by atoms with Gasteiger partial charge < -0.3 is 10.2 Å². The molecule has 20 heavy (non-hydrogen) atoms. The second-order valence-corrected chi connectivity index (χ2v) is 6.71. The number of anilines is 2. The van der Waals surface area contributed by atoms with E-state index < -0.39 is 0 Å². The van der Waals surface area contributed by atoms with Crippen molar-refractivity contribution in [2.24, 2.45) is 11.3 Å². The van der Waals surface area contributed by atoms with E-state index >= 15 is 0 Å². The molecule has 1 N–H and O–H groups in total. The Hall–Kier alpha value is -1.32. The van der Waals surface area contributed by atoms with Crippen LogP contribution in [0, 0.1) is 11.3 Å². The Bertz CT molecular complexity index is 450. The predicted octanol–water partition coefficient (Wildman–Crippen LogP) is 3.34. The number of hydrogen-bond acceptors (Lipinski definition) is 4. The summed E-state index contributed by atoms with van der Waals surface area (Å²) in [4.78, 5) is 11.4. The van der Waals surface area contributed by atoms with Gasteiger partial charge in [0.2, 0.25) is 0 Å². The zero-order valence-corrected chi connectivity index (χ0v) is 13.5. The van der Waals surface area contributed by atoms with E-state index in [1.165, 1.54) is 12.0 Å². The summed E-state index contributed by atoms with van der Waals surface area (Å²) < 4.78 is 0. The molecule has 1 aliphatic rings. The Morgan fingerprint density at radius 2 is 2.05 bits per heavy atom. The number of rotatable bonds is 4. The Morgan fingerprint density at radius 3 is 2.60 bits per heavy atom. The molecule has 2 heterocycles. The summed E-state index contributed by atoms with van der Waals surface area (Å²) in [6.07, 6.45) is 3.92. The summed E-state index contributed by atoms with van der Waals surface area (Å²) in [6, 6.07) is 0. The van der Waals surface area contributed by atoms with Crippen molar-refractivity contribution >= 4 is 11.6 Å². The fraction of sp³-hybridized carbons (Fsp3) is 0.750. The molecule has 0 aromatic carbocycles. The molecule has 0 saturated carbocycles. The normalized spacial score (nSPS) is 19.4. The summed E-state index contributed by atoms with van der Waals surface area (Å²) in [7, 11) is 0. The minimum atomic E-state index is 0.374. The zero-order chi connectivity index (χ0) is 14.8. The lowest BCUT2D eigenvalue weighted by molar-refractivity contribution is 0.263. The second kappa shape index (κ2) is 5.98. The van der Waals surface area contributed by atoms with Crippen molar-refractivity contribution in [3.63, 3.8) is 0 Å². The Labute approximate surface area is 123 Å².